The number of aromatic nitrogens is 2. The predicted molar refractivity (Wildman–Crippen MR) is 154 cm³/mol. The number of thiazole rings is 1. The van der Waals surface area contributed by atoms with Gasteiger partial charge in [-0.3, -0.25) is 14.4 Å². The molecule has 0 bridgehead atoms. The third-order valence-corrected chi connectivity index (χ3v) is 9.04. The van der Waals surface area contributed by atoms with Crippen LogP contribution >= 0.6 is 35.3 Å². The van der Waals surface area contributed by atoms with Gasteiger partial charge in [-0.1, -0.05) is 11.6 Å². The maximum atomic E-state index is 13.3. The highest BCUT2D eigenvalue weighted by Crippen LogP contribution is 2.29. The van der Waals surface area contributed by atoms with E-state index in [1.54, 1.807) is 12.1 Å². The third kappa shape index (κ3) is 6.24. The van der Waals surface area contributed by atoms with Crippen LogP contribution in [0.2, 0.25) is 5.02 Å². The summed E-state index contributed by atoms with van der Waals surface area (Å²) in [5.74, 6) is -0.672. The topological polar surface area (TPSA) is 119 Å². The zero-order valence-electron chi connectivity index (χ0n) is 21.6. The monoisotopic (exact) mass is 590 g/mol. The van der Waals surface area contributed by atoms with Gasteiger partial charge in [0, 0.05) is 58.3 Å². The van der Waals surface area contributed by atoms with Gasteiger partial charge in [-0.2, -0.15) is 0 Å². The summed E-state index contributed by atoms with van der Waals surface area (Å²) in [7, 11) is 2.06. The minimum absolute atomic E-state index is 0. The summed E-state index contributed by atoms with van der Waals surface area (Å²) >= 11 is 7.53. The molecule has 1 aromatic carbocycles. The van der Waals surface area contributed by atoms with Crippen LogP contribution in [0, 0.1) is 5.92 Å². The molecule has 12 heteroatoms. The van der Waals surface area contributed by atoms with E-state index in [1.165, 1.54) is 11.3 Å². The van der Waals surface area contributed by atoms with E-state index < -0.39 is 6.04 Å². The summed E-state index contributed by atoms with van der Waals surface area (Å²) in [6.45, 7) is 1.72. The molecule has 0 radical (unpaired) electrons. The van der Waals surface area contributed by atoms with E-state index in [9.17, 15) is 14.4 Å². The molecule has 0 spiro atoms. The normalized spacial score (nSPS) is 23.0. The average molecular weight is 592 g/mol. The average Bonchev–Trinajstić information content (AvgIpc) is 3.43. The Morgan fingerprint density at radius 3 is 2.64 bits per heavy atom. The lowest BCUT2D eigenvalue weighted by Gasteiger charge is -2.36. The van der Waals surface area contributed by atoms with Gasteiger partial charge in [0.15, 0.2) is 5.01 Å². The Bertz CT molecular complexity index is 1400. The lowest BCUT2D eigenvalue weighted by atomic mass is 9.81. The van der Waals surface area contributed by atoms with Crippen molar-refractivity contribution < 1.29 is 14.4 Å². The first-order valence-electron chi connectivity index (χ1n) is 13.2. The molecule has 3 heterocycles. The van der Waals surface area contributed by atoms with Crippen molar-refractivity contribution in [2.75, 3.05) is 13.6 Å². The van der Waals surface area contributed by atoms with Gasteiger partial charge in [-0.15, -0.1) is 23.7 Å². The fourth-order valence-corrected chi connectivity index (χ4v) is 6.68. The van der Waals surface area contributed by atoms with Crippen molar-refractivity contribution in [1.29, 1.82) is 0 Å². The van der Waals surface area contributed by atoms with Gasteiger partial charge < -0.3 is 25.8 Å². The van der Waals surface area contributed by atoms with Gasteiger partial charge in [0.05, 0.1) is 11.7 Å². The van der Waals surface area contributed by atoms with Crippen molar-refractivity contribution in [3.05, 3.63) is 50.6 Å². The number of hydrogen-bond acceptors (Lipinski definition) is 6. The predicted octanol–water partition coefficient (Wildman–Crippen LogP) is 3.66. The molecule has 3 aliphatic rings. The van der Waals surface area contributed by atoms with Crippen LogP contribution in [-0.2, 0) is 17.8 Å². The second-order valence-corrected chi connectivity index (χ2v) is 12.3. The molecule has 2 saturated carbocycles. The molecule has 2 aromatic heterocycles. The lowest BCUT2D eigenvalue weighted by Crippen LogP contribution is -2.56. The Morgan fingerprint density at radius 1 is 1.05 bits per heavy atom. The van der Waals surface area contributed by atoms with Crippen molar-refractivity contribution in [3.8, 4) is 0 Å². The van der Waals surface area contributed by atoms with Crippen LogP contribution < -0.4 is 16.0 Å². The fraction of sp³-hybridized carbons (Fsp3) is 0.481. The van der Waals surface area contributed by atoms with E-state index in [4.69, 9.17) is 11.6 Å². The number of rotatable bonds is 6. The quantitative estimate of drug-likeness (QED) is 0.349. The zero-order valence-corrected chi connectivity index (χ0v) is 24.0. The Balaban J connectivity index is 0.00000308. The molecule has 39 heavy (non-hydrogen) atoms. The summed E-state index contributed by atoms with van der Waals surface area (Å²) in [6.07, 6.45) is 4.58. The molecule has 1 aliphatic heterocycles. The largest absolute Gasteiger partial charge is 0.353 e. The maximum absolute atomic E-state index is 13.3. The Kier molecular flexibility index (Phi) is 8.19. The zero-order chi connectivity index (χ0) is 26.4. The van der Waals surface area contributed by atoms with Crippen molar-refractivity contribution in [2.24, 2.45) is 5.92 Å². The number of carbonyl (C=O) groups excluding carboxylic acids is 3. The van der Waals surface area contributed by atoms with Gasteiger partial charge in [0.1, 0.15) is 5.69 Å². The highest BCUT2D eigenvalue weighted by atomic mass is 35.5. The number of fused-ring (bicyclic) bond motifs is 2. The summed E-state index contributed by atoms with van der Waals surface area (Å²) in [5.41, 5.74) is 2.24. The number of benzene rings is 1. The smallest absolute Gasteiger partial charge is 0.280 e. The van der Waals surface area contributed by atoms with Gasteiger partial charge in [0.25, 0.3) is 11.8 Å². The molecule has 2 aliphatic carbocycles. The molecule has 9 nitrogen and oxygen atoms in total. The molecule has 3 unspecified atom stereocenters. The number of likely N-dealkylation sites (N-methyl/N-ethyl adjacent to an activating group) is 1. The third-order valence-electron chi connectivity index (χ3n) is 7.72. The van der Waals surface area contributed by atoms with Crippen LogP contribution in [0.15, 0.2) is 24.3 Å². The number of H-pyrrole nitrogens is 1. The van der Waals surface area contributed by atoms with Crippen molar-refractivity contribution >= 4 is 64.0 Å². The number of aromatic amines is 1. The Hall–Kier alpha value is -2.66. The van der Waals surface area contributed by atoms with Crippen molar-refractivity contribution in [2.45, 2.75) is 63.2 Å². The second-order valence-electron chi connectivity index (χ2n) is 10.7. The van der Waals surface area contributed by atoms with E-state index in [-0.39, 0.29) is 48.1 Å². The molecular formula is C27H32Cl2N6O3S. The van der Waals surface area contributed by atoms with Gasteiger partial charge in [-0.05, 0) is 63.4 Å². The Labute approximate surface area is 241 Å². The molecule has 4 N–H and O–H groups in total. The number of nitrogens with one attached hydrogen (secondary N) is 4. The number of hydrogen-bond donors (Lipinski definition) is 4. The van der Waals surface area contributed by atoms with E-state index in [2.05, 4.69) is 37.9 Å². The van der Waals surface area contributed by atoms with Gasteiger partial charge in [-0.25, -0.2) is 4.98 Å². The molecule has 3 amide bonds. The summed E-state index contributed by atoms with van der Waals surface area (Å²) < 4.78 is 0. The van der Waals surface area contributed by atoms with Crippen LogP contribution in [-0.4, -0.2) is 64.3 Å². The number of nitrogens with zero attached hydrogens (tertiary/aromatic N) is 2. The number of halogens is 2. The first-order chi connectivity index (χ1) is 18.3. The molecule has 0 saturated heterocycles. The molecule has 208 valence electrons. The van der Waals surface area contributed by atoms with E-state index in [1.807, 2.05) is 12.1 Å². The maximum Gasteiger partial charge on any atom is 0.280 e. The molecule has 2 fully saturated rings. The minimum Gasteiger partial charge on any atom is -0.353 e. The second kappa shape index (κ2) is 11.4. The van der Waals surface area contributed by atoms with Crippen LogP contribution in [0.5, 0.6) is 0 Å². The number of carbonyl (C=O) groups is 3. The lowest BCUT2D eigenvalue weighted by molar-refractivity contribution is -0.126. The standard InChI is InChI=1S/C27H31ClN6O3S.ClH/c1-34-9-8-20-23(13-34)38-27(33-20)26(37)32-21-11-14(24(35)29-17-4-5-17)2-6-19(21)31-25(36)22-12-15-10-16(28)3-7-18(15)30-22;/h3,7,10,12,14,17,19,21,30H,2,4-6,8-9,11,13H2,1H3,(H,29,35)(H,31,36)(H,32,37);1H. The van der Waals surface area contributed by atoms with Gasteiger partial charge >= 0.3 is 0 Å². The molecule has 3 aromatic rings. The molecule has 3 atom stereocenters. The fourth-order valence-electron chi connectivity index (χ4n) is 5.41. The summed E-state index contributed by atoms with van der Waals surface area (Å²) in [4.78, 5) is 50.5. The minimum atomic E-state index is -0.391. The first-order valence-corrected chi connectivity index (χ1v) is 14.4. The van der Waals surface area contributed by atoms with E-state index in [0.717, 1.165) is 53.8 Å². The summed E-state index contributed by atoms with van der Waals surface area (Å²) in [5, 5.41) is 11.2. The first kappa shape index (κ1) is 27.9. The van der Waals surface area contributed by atoms with Gasteiger partial charge in [0.2, 0.25) is 5.91 Å². The van der Waals surface area contributed by atoms with Crippen LogP contribution in [0.1, 0.15) is 63.0 Å². The van der Waals surface area contributed by atoms with E-state index >= 15 is 0 Å². The van der Waals surface area contributed by atoms with E-state index in [0.29, 0.717) is 35.0 Å². The van der Waals surface area contributed by atoms with Crippen molar-refractivity contribution in [1.82, 2.24) is 30.8 Å². The summed E-state index contributed by atoms with van der Waals surface area (Å²) in [6, 6.07) is 6.77. The Morgan fingerprint density at radius 2 is 1.85 bits per heavy atom. The SMILES string of the molecule is CN1CCc2nc(C(=O)NC3CC(C(=O)NC4CC4)CCC3NC(=O)c3cc4cc(Cl)ccc4[nH]3)sc2C1.Cl. The van der Waals surface area contributed by atoms with Crippen LogP contribution in [0.3, 0.4) is 0 Å². The molecular weight excluding hydrogens is 559 g/mol. The number of amides is 3. The molecule has 6 rings (SSSR count). The van der Waals surface area contributed by atoms with Crippen LogP contribution in [0.25, 0.3) is 10.9 Å². The van der Waals surface area contributed by atoms with Crippen molar-refractivity contribution in [3.63, 3.8) is 0 Å². The highest BCUT2D eigenvalue weighted by molar-refractivity contribution is 7.13. The highest BCUT2D eigenvalue weighted by Gasteiger charge is 2.38. The van der Waals surface area contributed by atoms with Crippen LogP contribution in [0.4, 0.5) is 0 Å².